The van der Waals surface area contributed by atoms with E-state index in [1.54, 1.807) is 0 Å². The Morgan fingerprint density at radius 2 is 1.14 bits per heavy atom. The second-order valence-electron chi connectivity index (χ2n) is 15.3. The van der Waals surface area contributed by atoms with Gasteiger partial charge in [-0.2, -0.15) is 0 Å². The fourth-order valence-corrected chi connectivity index (χ4v) is 10.4. The summed E-state index contributed by atoms with van der Waals surface area (Å²) >= 11 is 0. The van der Waals surface area contributed by atoms with Gasteiger partial charge >= 0.3 is 11.9 Å². The molecule has 5 aliphatic heterocycles. The SMILES string of the molecule is CCC1C2CC3NC(CC4NC(CC5NC(CC(N2)C1C)C(C)C5CCC(=O)O)C(CCC(=O)O)C4C)C(=O)[C@@]3(C)CC. The normalized spacial score (nSPS) is 48.1. The largest absolute Gasteiger partial charge is 0.481 e. The zero-order chi connectivity index (χ0) is 31.2. The Labute approximate surface area is 258 Å². The number of carboxylic acids is 2. The summed E-state index contributed by atoms with van der Waals surface area (Å²) in [6.45, 7) is 13.6. The van der Waals surface area contributed by atoms with Crippen LogP contribution in [0.3, 0.4) is 0 Å². The Kier molecular flexibility index (Phi) is 9.97. The standard InChI is InChI=1S/C34H58N4O5/c1-7-20-17(3)23-13-24-18(4)21(9-11-31(39)40)26(35-24)15-27-22(10-12-32(41)42)19(5)25(36-27)14-29-33(43)34(6,8-2)30(38-29)16-28(20)37-23/h17-30,35-38H,7-16H2,1-6H3,(H,39,40)(H,41,42)/t17?,18?,19?,20?,21?,22?,23?,24?,25?,26?,27?,28?,29?,30?,34-/m0/s1. The van der Waals surface area contributed by atoms with Gasteiger partial charge in [-0.1, -0.05) is 48.0 Å². The number of carboxylic acid groups (broad SMARTS) is 2. The first kappa shape index (κ1) is 32.8. The minimum absolute atomic E-state index is 0.127. The van der Waals surface area contributed by atoms with E-state index in [0.29, 0.717) is 54.5 Å². The van der Waals surface area contributed by atoms with E-state index in [2.05, 4.69) is 62.8 Å². The monoisotopic (exact) mass is 602 g/mol. The molecule has 14 unspecified atom stereocenters. The van der Waals surface area contributed by atoms with Crippen molar-refractivity contribution >= 4 is 17.7 Å². The van der Waals surface area contributed by atoms with E-state index in [9.17, 15) is 24.6 Å². The third-order valence-electron chi connectivity index (χ3n) is 13.4. The molecule has 0 aromatic rings. The van der Waals surface area contributed by atoms with E-state index in [1.165, 1.54) is 0 Å². The molecular weight excluding hydrogens is 544 g/mol. The summed E-state index contributed by atoms with van der Waals surface area (Å²) < 4.78 is 0. The summed E-state index contributed by atoms with van der Waals surface area (Å²) in [4.78, 5) is 37.3. The zero-order valence-corrected chi connectivity index (χ0v) is 27.3. The van der Waals surface area contributed by atoms with Gasteiger partial charge in [0.15, 0.2) is 5.78 Å². The van der Waals surface area contributed by atoms with Crippen molar-refractivity contribution in [3.05, 3.63) is 0 Å². The van der Waals surface area contributed by atoms with Crippen molar-refractivity contribution in [2.45, 2.75) is 154 Å². The molecule has 5 saturated heterocycles. The van der Waals surface area contributed by atoms with Gasteiger partial charge in [-0.15, -0.1) is 0 Å². The summed E-state index contributed by atoms with van der Waals surface area (Å²) in [6, 6.07) is 1.40. The van der Waals surface area contributed by atoms with Crippen molar-refractivity contribution in [3.8, 4) is 0 Å². The topological polar surface area (TPSA) is 140 Å². The number of aliphatic carboxylic acids is 2. The quantitative estimate of drug-likeness (QED) is 0.245. The van der Waals surface area contributed by atoms with Gasteiger partial charge in [0, 0.05) is 60.5 Å². The zero-order valence-electron chi connectivity index (χ0n) is 27.3. The Morgan fingerprint density at radius 1 is 0.698 bits per heavy atom. The highest BCUT2D eigenvalue weighted by atomic mass is 16.4. The first-order valence-electron chi connectivity index (χ1n) is 17.4. The van der Waals surface area contributed by atoms with E-state index in [4.69, 9.17) is 0 Å². The summed E-state index contributed by atoms with van der Waals surface area (Å²) in [5.74, 6) is 0.963. The lowest BCUT2D eigenvalue weighted by Crippen LogP contribution is -2.46. The number of fused-ring (bicyclic) bond motifs is 8. The van der Waals surface area contributed by atoms with Crippen LogP contribution in [0.1, 0.15) is 106 Å². The molecule has 0 amide bonds. The van der Waals surface area contributed by atoms with E-state index in [1.807, 2.05) is 0 Å². The number of carbonyl (C=O) groups excluding carboxylic acids is 1. The van der Waals surface area contributed by atoms with Crippen LogP contribution < -0.4 is 21.3 Å². The van der Waals surface area contributed by atoms with Gasteiger partial charge < -0.3 is 31.5 Å². The maximum atomic E-state index is 14.1. The van der Waals surface area contributed by atoms with Gasteiger partial charge in [0.2, 0.25) is 0 Å². The average Bonchev–Trinajstić information content (AvgIpc) is 3.59. The van der Waals surface area contributed by atoms with Crippen LogP contribution in [0.15, 0.2) is 0 Å². The van der Waals surface area contributed by atoms with Crippen molar-refractivity contribution in [2.75, 3.05) is 0 Å². The number of ketones is 1. The predicted octanol–water partition coefficient (Wildman–Crippen LogP) is 3.80. The van der Waals surface area contributed by atoms with Crippen LogP contribution in [0, 0.1) is 40.9 Å². The Balaban J connectivity index is 1.49. The highest BCUT2D eigenvalue weighted by Gasteiger charge is 2.55. The van der Waals surface area contributed by atoms with E-state index in [-0.39, 0.29) is 60.8 Å². The molecule has 43 heavy (non-hydrogen) atoms. The Hall–Kier alpha value is -1.55. The fraction of sp³-hybridized carbons (Fsp3) is 0.912. The fourth-order valence-electron chi connectivity index (χ4n) is 10.4. The molecule has 244 valence electrons. The second-order valence-corrected chi connectivity index (χ2v) is 15.3. The van der Waals surface area contributed by atoms with Crippen LogP contribution in [0.5, 0.6) is 0 Å². The number of rotatable bonds is 8. The van der Waals surface area contributed by atoms with Crippen LogP contribution in [-0.2, 0) is 14.4 Å². The molecule has 8 bridgehead atoms. The maximum absolute atomic E-state index is 14.1. The third kappa shape index (κ3) is 6.30. The van der Waals surface area contributed by atoms with Crippen LogP contribution in [-0.4, -0.2) is 76.3 Å². The van der Waals surface area contributed by atoms with Crippen molar-refractivity contribution in [1.82, 2.24) is 21.3 Å². The summed E-state index contributed by atoms with van der Waals surface area (Å²) in [5, 5.41) is 35.0. The first-order chi connectivity index (χ1) is 20.4. The molecule has 5 aliphatic rings. The smallest absolute Gasteiger partial charge is 0.303 e. The molecule has 9 nitrogen and oxygen atoms in total. The van der Waals surface area contributed by atoms with Crippen LogP contribution in [0.25, 0.3) is 0 Å². The molecule has 5 fully saturated rings. The third-order valence-corrected chi connectivity index (χ3v) is 13.4. The lowest BCUT2D eigenvalue weighted by atomic mass is 9.73. The molecule has 0 spiro atoms. The van der Waals surface area contributed by atoms with Crippen molar-refractivity contribution in [3.63, 3.8) is 0 Å². The van der Waals surface area contributed by atoms with Crippen molar-refractivity contribution < 1.29 is 24.6 Å². The number of Topliss-reactive ketones (excluding diaryl/α,β-unsaturated/α-hetero) is 1. The Morgan fingerprint density at radius 3 is 1.60 bits per heavy atom. The molecule has 0 saturated carbocycles. The molecule has 6 N–H and O–H groups in total. The highest BCUT2D eigenvalue weighted by Crippen LogP contribution is 2.45. The van der Waals surface area contributed by atoms with Gasteiger partial charge in [0.25, 0.3) is 0 Å². The molecule has 9 heteroatoms. The van der Waals surface area contributed by atoms with E-state index < -0.39 is 17.4 Å². The van der Waals surface area contributed by atoms with Crippen LogP contribution >= 0.6 is 0 Å². The first-order valence-corrected chi connectivity index (χ1v) is 17.4. The van der Waals surface area contributed by atoms with Crippen molar-refractivity contribution in [2.24, 2.45) is 40.9 Å². The number of carbonyl (C=O) groups is 3. The maximum Gasteiger partial charge on any atom is 0.303 e. The van der Waals surface area contributed by atoms with Gasteiger partial charge in [-0.3, -0.25) is 14.4 Å². The molecule has 0 radical (unpaired) electrons. The molecule has 5 heterocycles. The lowest BCUT2D eigenvalue weighted by molar-refractivity contribution is -0.138. The summed E-state index contributed by atoms with van der Waals surface area (Å²) in [6.07, 6.45) is 7.05. The summed E-state index contributed by atoms with van der Waals surface area (Å²) in [5.41, 5.74) is -0.392. The molecular formula is C34H58N4O5. The van der Waals surface area contributed by atoms with Gasteiger partial charge in [-0.25, -0.2) is 0 Å². The van der Waals surface area contributed by atoms with Crippen LogP contribution in [0.2, 0.25) is 0 Å². The number of hydrogen-bond acceptors (Lipinski definition) is 7. The second kappa shape index (κ2) is 13.1. The van der Waals surface area contributed by atoms with Crippen molar-refractivity contribution in [1.29, 1.82) is 0 Å². The van der Waals surface area contributed by atoms with E-state index >= 15 is 0 Å². The highest BCUT2D eigenvalue weighted by molar-refractivity contribution is 5.92. The lowest BCUT2D eigenvalue weighted by Gasteiger charge is -2.32. The van der Waals surface area contributed by atoms with Gasteiger partial charge in [0.1, 0.15) is 0 Å². The average molecular weight is 603 g/mol. The molecule has 0 aliphatic carbocycles. The molecule has 5 rings (SSSR count). The molecule has 0 aromatic carbocycles. The number of hydrogen-bond donors (Lipinski definition) is 6. The number of nitrogens with one attached hydrogen (secondary N) is 4. The molecule has 0 aromatic heterocycles. The predicted molar refractivity (Wildman–Crippen MR) is 167 cm³/mol. The van der Waals surface area contributed by atoms with Gasteiger partial charge in [-0.05, 0) is 80.5 Å². The molecule has 15 atom stereocenters. The minimum Gasteiger partial charge on any atom is -0.481 e. The van der Waals surface area contributed by atoms with Gasteiger partial charge in [0.05, 0.1) is 6.04 Å². The summed E-state index contributed by atoms with van der Waals surface area (Å²) in [7, 11) is 0. The van der Waals surface area contributed by atoms with Crippen LogP contribution in [0.4, 0.5) is 0 Å². The minimum atomic E-state index is -0.768. The van der Waals surface area contributed by atoms with E-state index in [0.717, 1.165) is 38.5 Å². The Bertz CT molecular complexity index is 1040.